The molecule has 37 heavy (non-hydrogen) atoms. The van der Waals surface area contributed by atoms with Crippen LogP contribution in [-0.4, -0.2) is 4.98 Å². The minimum absolute atomic E-state index is 0.0216. The monoisotopic (exact) mass is 503 g/mol. The lowest BCUT2D eigenvalue weighted by atomic mass is 9.82. The first-order valence-corrected chi connectivity index (χ1v) is 14.0. The van der Waals surface area contributed by atoms with E-state index in [4.69, 9.17) is 9.40 Å². The van der Waals surface area contributed by atoms with Gasteiger partial charge in [0, 0.05) is 32.3 Å². The molecule has 3 heterocycles. The minimum Gasteiger partial charge on any atom is -0.456 e. The molecular formula is C34H33NOS. The van der Waals surface area contributed by atoms with Crippen molar-refractivity contribution in [2.24, 2.45) is 5.92 Å². The zero-order valence-electron chi connectivity index (χ0n) is 22.5. The molecule has 2 nitrogen and oxygen atoms in total. The number of nitrogens with zero attached hydrogens (tertiary/aromatic N) is 1. The molecule has 3 heteroatoms. The van der Waals surface area contributed by atoms with Crippen molar-refractivity contribution in [2.45, 2.75) is 53.4 Å². The molecule has 0 fully saturated rings. The summed E-state index contributed by atoms with van der Waals surface area (Å²) in [6.07, 6.45) is 2.98. The average Bonchev–Trinajstić information content (AvgIpc) is 3.43. The third-order valence-corrected chi connectivity index (χ3v) is 8.39. The number of aromatic nitrogens is 1. The van der Waals surface area contributed by atoms with Crippen LogP contribution >= 0.6 is 11.3 Å². The van der Waals surface area contributed by atoms with Gasteiger partial charge in [0.15, 0.2) is 0 Å². The van der Waals surface area contributed by atoms with E-state index in [1.165, 1.54) is 36.9 Å². The van der Waals surface area contributed by atoms with E-state index in [1.54, 1.807) is 0 Å². The Morgan fingerprint density at radius 3 is 2.46 bits per heavy atom. The second-order valence-corrected chi connectivity index (χ2v) is 12.9. The van der Waals surface area contributed by atoms with Crippen molar-refractivity contribution in [2.75, 3.05) is 0 Å². The topological polar surface area (TPSA) is 26.0 Å². The maximum absolute atomic E-state index is 6.42. The molecule has 186 valence electrons. The van der Waals surface area contributed by atoms with Gasteiger partial charge in [0.05, 0.1) is 5.69 Å². The molecule has 6 rings (SSSR count). The van der Waals surface area contributed by atoms with Crippen LogP contribution in [0, 0.1) is 12.8 Å². The molecule has 0 atom stereocenters. The first kappa shape index (κ1) is 23.9. The molecule has 0 radical (unpaired) electrons. The van der Waals surface area contributed by atoms with Crippen LogP contribution in [0.15, 0.2) is 77.3 Å². The summed E-state index contributed by atoms with van der Waals surface area (Å²) in [5, 5.41) is 4.97. The Morgan fingerprint density at radius 2 is 1.68 bits per heavy atom. The predicted molar refractivity (Wildman–Crippen MR) is 160 cm³/mol. The van der Waals surface area contributed by atoms with Gasteiger partial charge in [-0.2, -0.15) is 0 Å². The van der Waals surface area contributed by atoms with Gasteiger partial charge >= 0.3 is 0 Å². The maximum atomic E-state index is 6.42. The van der Waals surface area contributed by atoms with E-state index in [9.17, 15) is 0 Å². The quantitative estimate of drug-likeness (QED) is 0.239. The highest BCUT2D eigenvalue weighted by Crippen LogP contribution is 2.40. The Balaban J connectivity index is 1.49. The van der Waals surface area contributed by atoms with E-state index in [1.807, 2.05) is 23.6 Å². The van der Waals surface area contributed by atoms with Crippen LogP contribution in [0.1, 0.15) is 50.6 Å². The summed E-state index contributed by atoms with van der Waals surface area (Å²) in [6.45, 7) is 13.7. The molecule has 0 spiro atoms. The average molecular weight is 504 g/mol. The molecule has 0 saturated heterocycles. The number of furan rings is 1. The van der Waals surface area contributed by atoms with Crippen LogP contribution in [0.2, 0.25) is 0 Å². The van der Waals surface area contributed by atoms with E-state index in [0.29, 0.717) is 5.92 Å². The third kappa shape index (κ3) is 4.26. The molecular weight excluding hydrogens is 470 g/mol. The van der Waals surface area contributed by atoms with Gasteiger partial charge < -0.3 is 4.42 Å². The standard InChI is InChI=1S/C34H33NOS/c1-20(2)15-27-21(3)37-32-18-23(11-12-26(27)32)31-19-28-30(36-31)13-14-35-33(28)24-16-22-9-7-8-10-25(22)29(17-24)34(4,5)6/h7-14,16-20H,15H2,1-6H3. The summed E-state index contributed by atoms with van der Waals surface area (Å²) in [6, 6.07) is 24.1. The lowest BCUT2D eigenvalue weighted by Crippen LogP contribution is -2.12. The second kappa shape index (κ2) is 8.85. The lowest BCUT2D eigenvalue weighted by Gasteiger charge is -2.22. The van der Waals surface area contributed by atoms with Crippen molar-refractivity contribution in [3.63, 3.8) is 0 Å². The molecule has 3 aromatic heterocycles. The number of hydrogen-bond donors (Lipinski definition) is 0. The van der Waals surface area contributed by atoms with Crippen LogP contribution in [0.3, 0.4) is 0 Å². The van der Waals surface area contributed by atoms with Crippen molar-refractivity contribution in [3.8, 4) is 22.6 Å². The molecule has 6 aromatic rings. The van der Waals surface area contributed by atoms with Crippen LogP contribution in [-0.2, 0) is 11.8 Å². The van der Waals surface area contributed by atoms with Crippen LogP contribution in [0.5, 0.6) is 0 Å². The van der Waals surface area contributed by atoms with Crippen LogP contribution < -0.4 is 0 Å². The van der Waals surface area contributed by atoms with Gasteiger partial charge in [0.25, 0.3) is 0 Å². The molecule has 0 aliphatic heterocycles. The molecule has 0 bridgehead atoms. The van der Waals surface area contributed by atoms with Crippen molar-refractivity contribution in [1.29, 1.82) is 0 Å². The van der Waals surface area contributed by atoms with E-state index >= 15 is 0 Å². The van der Waals surface area contributed by atoms with Crippen molar-refractivity contribution in [3.05, 3.63) is 88.9 Å². The molecule has 0 amide bonds. The number of hydrogen-bond acceptors (Lipinski definition) is 3. The fourth-order valence-electron chi connectivity index (χ4n) is 5.49. The smallest absolute Gasteiger partial charge is 0.138 e. The largest absolute Gasteiger partial charge is 0.456 e. The van der Waals surface area contributed by atoms with E-state index in [0.717, 1.165) is 40.0 Å². The molecule has 3 aromatic carbocycles. The molecule has 0 aliphatic rings. The molecule has 0 aliphatic carbocycles. The molecule has 0 N–H and O–H groups in total. The van der Waals surface area contributed by atoms with Gasteiger partial charge in [0.1, 0.15) is 11.3 Å². The van der Waals surface area contributed by atoms with Crippen molar-refractivity contribution >= 4 is 43.2 Å². The normalized spacial score (nSPS) is 12.4. The number of pyridine rings is 1. The molecule has 0 unspecified atom stereocenters. The Kier molecular flexibility index (Phi) is 5.72. The number of fused-ring (bicyclic) bond motifs is 3. The fourth-order valence-corrected chi connectivity index (χ4v) is 6.62. The van der Waals surface area contributed by atoms with E-state index in [2.05, 4.69) is 102 Å². The van der Waals surface area contributed by atoms with Gasteiger partial charge in [0.2, 0.25) is 0 Å². The van der Waals surface area contributed by atoms with Gasteiger partial charge in [-0.1, -0.05) is 71.0 Å². The Labute approximate surface area is 223 Å². The Hall–Kier alpha value is -3.43. The second-order valence-electron chi connectivity index (χ2n) is 11.6. The summed E-state index contributed by atoms with van der Waals surface area (Å²) in [5.74, 6) is 1.53. The highest BCUT2D eigenvalue weighted by atomic mass is 32.1. The maximum Gasteiger partial charge on any atom is 0.138 e. The van der Waals surface area contributed by atoms with Gasteiger partial charge in [-0.15, -0.1) is 11.3 Å². The summed E-state index contributed by atoms with van der Waals surface area (Å²) in [7, 11) is 0. The summed E-state index contributed by atoms with van der Waals surface area (Å²) >= 11 is 1.89. The van der Waals surface area contributed by atoms with Crippen LogP contribution in [0.4, 0.5) is 0 Å². The van der Waals surface area contributed by atoms with E-state index < -0.39 is 0 Å². The first-order valence-electron chi connectivity index (χ1n) is 13.1. The first-order chi connectivity index (χ1) is 17.7. The lowest BCUT2D eigenvalue weighted by molar-refractivity contribution is 0.596. The van der Waals surface area contributed by atoms with Crippen molar-refractivity contribution < 1.29 is 4.42 Å². The third-order valence-electron chi connectivity index (χ3n) is 7.28. The highest BCUT2D eigenvalue weighted by Gasteiger charge is 2.20. The summed E-state index contributed by atoms with van der Waals surface area (Å²) < 4.78 is 7.74. The number of thiophene rings is 1. The SMILES string of the molecule is Cc1sc2cc(-c3cc4c(-c5cc(C(C)(C)C)c6ccccc6c5)nccc4o3)ccc2c1CC(C)C. The van der Waals surface area contributed by atoms with Gasteiger partial charge in [-0.05, 0) is 82.3 Å². The van der Waals surface area contributed by atoms with Crippen molar-refractivity contribution in [1.82, 2.24) is 4.98 Å². The molecule has 0 saturated carbocycles. The fraction of sp³-hybridized carbons (Fsp3) is 0.265. The number of aryl methyl sites for hydroxylation is 1. The number of benzene rings is 3. The van der Waals surface area contributed by atoms with Gasteiger partial charge in [-0.3, -0.25) is 4.98 Å². The Morgan fingerprint density at radius 1 is 0.865 bits per heavy atom. The zero-order valence-corrected chi connectivity index (χ0v) is 23.3. The van der Waals surface area contributed by atoms with Crippen LogP contribution in [0.25, 0.3) is 54.4 Å². The zero-order chi connectivity index (χ0) is 25.9. The van der Waals surface area contributed by atoms with Gasteiger partial charge in [-0.25, -0.2) is 0 Å². The summed E-state index contributed by atoms with van der Waals surface area (Å²) in [5.41, 5.74) is 6.92. The summed E-state index contributed by atoms with van der Waals surface area (Å²) in [4.78, 5) is 6.27. The number of rotatable bonds is 4. The van der Waals surface area contributed by atoms with E-state index in [-0.39, 0.29) is 5.41 Å². The Bertz CT molecular complexity index is 1780. The minimum atomic E-state index is 0.0216. The highest BCUT2D eigenvalue weighted by molar-refractivity contribution is 7.19. The predicted octanol–water partition coefficient (Wildman–Crippen LogP) is 10.3.